The summed E-state index contributed by atoms with van der Waals surface area (Å²) in [6.07, 6.45) is 0. The molecule has 0 heterocycles. The second-order valence-electron chi connectivity index (χ2n) is 3.04. The quantitative estimate of drug-likeness (QED) is 0.642. The molecule has 4 nitrogen and oxygen atoms in total. The summed E-state index contributed by atoms with van der Waals surface area (Å²) in [5.41, 5.74) is 5.59. The van der Waals surface area contributed by atoms with E-state index in [1.807, 2.05) is 13.8 Å². The van der Waals surface area contributed by atoms with E-state index < -0.39 is 10.1 Å². The second kappa shape index (κ2) is 4.79. The molecular weight excluding hydrogens is 178 g/mol. The highest BCUT2D eigenvalue weighted by atomic mass is 32.2. The lowest BCUT2D eigenvalue weighted by molar-refractivity contribution is 0.264. The van der Waals surface area contributed by atoms with Gasteiger partial charge in [0, 0.05) is 6.04 Å². The third-order valence-corrected chi connectivity index (χ3v) is 2.85. The highest BCUT2D eigenvalue weighted by molar-refractivity contribution is 7.86. The van der Waals surface area contributed by atoms with Crippen LogP contribution in [0.3, 0.4) is 0 Å². The normalized spacial score (nSPS) is 15.1. The highest BCUT2D eigenvalue weighted by Crippen LogP contribution is 2.01. The van der Waals surface area contributed by atoms with Gasteiger partial charge in [0.2, 0.25) is 0 Å². The maximum atomic E-state index is 10.8. The Hall–Kier alpha value is -0.130. The molecule has 2 N–H and O–H groups in total. The topological polar surface area (TPSA) is 69.4 Å². The predicted molar refractivity (Wildman–Crippen MR) is 48.2 cm³/mol. The Morgan fingerprint density at radius 2 is 1.92 bits per heavy atom. The van der Waals surface area contributed by atoms with Gasteiger partial charge in [-0.15, -0.1) is 0 Å². The van der Waals surface area contributed by atoms with E-state index in [9.17, 15) is 8.42 Å². The summed E-state index contributed by atoms with van der Waals surface area (Å²) < 4.78 is 26.3. The third kappa shape index (κ3) is 4.69. The second-order valence-corrected chi connectivity index (χ2v) is 4.97. The van der Waals surface area contributed by atoms with Crippen molar-refractivity contribution < 1.29 is 12.6 Å². The van der Waals surface area contributed by atoms with Gasteiger partial charge in [0.15, 0.2) is 0 Å². The molecule has 0 fully saturated rings. The van der Waals surface area contributed by atoms with Crippen molar-refractivity contribution in [1.82, 2.24) is 0 Å². The molecule has 0 aromatic rings. The first-order valence-corrected chi connectivity index (χ1v) is 5.59. The Morgan fingerprint density at radius 1 is 1.42 bits per heavy atom. The molecule has 74 valence electrons. The highest BCUT2D eigenvalue weighted by Gasteiger charge is 2.13. The maximum absolute atomic E-state index is 10.8. The van der Waals surface area contributed by atoms with Gasteiger partial charge in [-0.2, -0.15) is 8.42 Å². The molecule has 0 rings (SSSR count). The van der Waals surface area contributed by atoms with E-state index in [2.05, 4.69) is 4.18 Å². The largest absolute Gasteiger partial charge is 0.325 e. The van der Waals surface area contributed by atoms with E-state index in [4.69, 9.17) is 5.73 Å². The maximum Gasteiger partial charge on any atom is 0.267 e. The van der Waals surface area contributed by atoms with Gasteiger partial charge in [0.1, 0.15) is 0 Å². The summed E-state index contributed by atoms with van der Waals surface area (Å²) in [5, 5.41) is 0. The standard InChI is InChI=1S/C7H17NO3S/c1-4-12(9,10)11-5-7(8)6(2)3/h6-7H,4-5,8H2,1-3H3/t7-/m1/s1. The van der Waals surface area contributed by atoms with Crippen LogP contribution in [0.2, 0.25) is 0 Å². The molecule has 0 radical (unpaired) electrons. The van der Waals surface area contributed by atoms with Gasteiger partial charge in [-0.3, -0.25) is 4.18 Å². The Kier molecular flexibility index (Phi) is 4.74. The van der Waals surface area contributed by atoms with Crippen LogP contribution in [0.4, 0.5) is 0 Å². The molecule has 5 heteroatoms. The molecule has 1 atom stereocenters. The van der Waals surface area contributed by atoms with Gasteiger partial charge in [-0.25, -0.2) is 0 Å². The molecule has 0 aliphatic carbocycles. The molecule has 0 aliphatic heterocycles. The van der Waals surface area contributed by atoms with Gasteiger partial charge in [-0.05, 0) is 12.8 Å². The van der Waals surface area contributed by atoms with E-state index in [0.29, 0.717) is 0 Å². The molecule has 0 aromatic heterocycles. The summed E-state index contributed by atoms with van der Waals surface area (Å²) in [6, 6.07) is -0.216. The molecule has 0 aromatic carbocycles. The molecule has 0 aliphatic rings. The van der Waals surface area contributed by atoms with Crippen LogP contribution in [0.5, 0.6) is 0 Å². The van der Waals surface area contributed by atoms with Crippen molar-refractivity contribution in [1.29, 1.82) is 0 Å². The number of rotatable bonds is 5. The van der Waals surface area contributed by atoms with Gasteiger partial charge in [0.25, 0.3) is 10.1 Å². The molecule has 12 heavy (non-hydrogen) atoms. The van der Waals surface area contributed by atoms with Gasteiger partial charge in [0.05, 0.1) is 12.4 Å². The van der Waals surface area contributed by atoms with E-state index in [1.165, 1.54) is 6.92 Å². The average molecular weight is 195 g/mol. The average Bonchev–Trinajstić information content (AvgIpc) is 2.00. The van der Waals surface area contributed by atoms with Crippen LogP contribution in [-0.2, 0) is 14.3 Å². The number of hydrogen-bond acceptors (Lipinski definition) is 4. The minimum Gasteiger partial charge on any atom is -0.325 e. The Bertz CT molecular complexity index is 211. The molecule has 0 bridgehead atoms. The lowest BCUT2D eigenvalue weighted by atomic mass is 10.1. The van der Waals surface area contributed by atoms with Crippen molar-refractivity contribution in [2.24, 2.45) is 11.7 Å². The molecule has 0 unspecified atom stereocenters. The monoisotopic (exact) mass is 195 g/mol. The SMILES string of the molecule is CCS(=O)(=O)OC[C@@H](N)C(C)C. The van der Waals surface area contributed by atoms with E-state index in [0.717, 1.165) is 0 Å². The molecule has 0 saturated carbocycles. The lowest BCUT2D eigenvalue weighted by Crippen LogP contribution is -2.33. The van der Waals surface area contributed by atoms with Crippen molar-refractivity contribution >= 4 is 10.1 Å². The zero-order valence-electron chi connectivity index (χ0n) is 7.78. The van der Waals surface area contributed by atoms with Crippen LogP contribution in [-0.4, -0.2) is 26.8 Å². The van der Waals surface area contributed by atoms with Crippen molar-refractivity contribution in [2.45, 2.75) is 26.8 Å². The van der Waals surface area contributed by atoms with Crippen LogP contribution < -0.4 is 5.73 Å². The number of hydrogen-bond donors (Lipinski definition) is 1. The van der Waals surface area contributed by atoms with E-state index in [1.54, 1.807) is 0 Å². The minimum atomic E-state index is -3.33. The van der Waals surface area contributed by atoms with Crippen molar-refractivity contribution in [3.63, 3.8) is 0 Å². The zero-order chi connectivity index (χ0) is 9.78. The van der Waals surface area contributed by atoms with Crippen LogP contribution in [0.1, 0.15) is 20.8 Å². The fourth-order valence-corrected chi connectivity index (χ4v) is 0.989. The molecule has 0 amide bonds. The van der Waals surface area contributed by atoms with Crippen molar-refractivity contribution in [3.8, 4) is 0 Å². The number of nitrogens with two attached hydrogens (primary N) is 1. The molecule has 0 saturated heterocycles. The van der Waals surface area contributed by atoms with E-state index >= 15 is 0 Å². The fourth-order valence-electron chi connectivity index (χ4n) is 0.458. The Morgan fingerprint density at radius 3 is 2.25 bits per heavy atom. The molecule has 0 spiro atoms. The summed E-state index contributed by atoms with van der Waals surface area (Å²) in [4.78, 5) is 0. The summed E-state index contributed by atoms with van der Waals surface area (Å²) in [5.74, 6) is 0.231. The first-order chi connectivity index (χ1) is 5.39. The van der Waals surface area contributed by atoms with Gasteiger partial charge in [-0.1, -0.05) is 13.8 Å². The Balaban J connectivity index is 3.84. The van der Waals surface area contributed by atoms with Crippen LogP contribution in [0, 0.1) is 5.92 Å². The predicted octanol–water partition coefficient (Wildman–Crippen LogP) is 0.336. The first kappa shape index (κ1) is 11.9. The van der Waals surface area contributed by atoms with Crippen LogP contribution in [0.15, 0.2) is 0 Å². The summed E-state index contributed by atoms with van der Waals surface area (Å²) >= 11 is 0. The van der Waals surface area contributed by atoms with Crippen LogP contribution >= 0.6 is 0 Å². The smallest absolute Gasteiger partial charge is 0.267 e. The Labute approximate surface area is 74.2 Å². The van der Waals surface area contributed by atoms with E-state index in [-0.39, 0.29) is 24.3 Å². The minimum absolute atomic E-state index is 0.00217. The summed E-state index contributed by atoms with van der Waals surface area (Å²) in [7, 11) is -3.33. The van der Waals surface area contributed by atoms with Gasteiger partial charge < -0.3 is 5.73 Å². The fraction of sp³-hybridized carbons (Fsp3) is 1.00. The molecular formula is C7H17NO3S. The van der Waals surface area contributed by atoms with Crippen LogP contribution in [0.25, 0.3) is 0 Å². The van der Waals surface area contributed by atoms with Crippen molar-refractivity contribution in [2.75, 3.05) is 12.4 Å². The van der Waals surface area contributed by atoms with Crippen molar-refractivity contribution in [3.05, 3.63) is 0 Å². The first-order valence-electron chi connectivity index (χ1n) is 4.01. The lowest BCUT2D eigenvalue weighted by Gasteiger charge is -2.14. The van der Waals surface area contributed by atoms with Gasteiger partial charge >= 0.3 is 0 Å². The summed E-state index contributed by atoms with van der Waals surface area (Å²) in [6.45, 7) is 5.46. The third-order valence-electron chi connectivity index (χ3n) is 1.65. The zero-order valence-corrected chi connectivity index (χ0v) is 8.60.